The first-order valence-electron chi connectivity index (χ1n) is 53.7. The van der Waals surface area contributed by atoms with Crippen LogP contribution in [-0.4, -0.2) is 95.9 Å². The smallest absolute Gasteiger partial charge is 0.463 e. The molecule has 0 bridgehead atoms. The summed E-state index contributed by atoms with van der Waals surface area (Å²) in [6.45, 7) is 2.49. The largest absolute Gasteiger partial charge is 0.472 e. The molecule has 762 valence electrons. The molecule has 0 aromatic heterocycles. The predicted molar refractivity (Wildman–Crippen MR) is 564 cm³/mol. The minimum absolute atomic E-state index is 0.0910. The van der Waals surface area contributed by atoms with Crippen molar-refractivity contribution < 1.29 is 75.8 Å². The highest BCUT2D eigenvalue weighted by Gasteiger charge is 2.30. The van der Waals surface area contributed by atoms with Gasteiger partial charge in [0.1, 0.15) is 25.4 Å². The third-order valence-corrected chi connectivity index (χ3v) is 24.7. The maximum atomic E-state index is 13.1. The van der Waals surface area contributed by atoms with Gasteiger partial charge in [0.25, 0.3) is 0 Å². The first kappa shape index (κ1) is 127. The molecule has 0 amide bonds. The SMILES string of the molecule is CC/C=C\C/C=C\C/C=C\C/C=C\C/C=C\C/C=C\CCCCCCCCCCCCCCCCCCC(=O)OCC(O)COP(=O)(O)OCC(O)COP(=O)(O)OCC(COC(=O)CCCCCCCCCCCCCCCCCCCCC/C=C\C/C=C\C/C=C\C/C=C\CCCCC)OC(=O)CCCCCCCCCC/C=C\C/C=C\C/C=C\C/C=C\C/C=C\C/C=C\CC. The van der Waals surface area contributed by atoms with Crippen molar-refractivity contribution in [2.45, 2.75) is 476 Å². The molecular weight excluding hydrogens is 1700 g/mol. The summed E-state index contributed by atoms with van der Waals surface area (Å²) in [6, 6.07) is 0. The molecule has 0 heterocycles. The zero-order chi connectivity index (χ0) is 96.4. The lowest BCUT2D eigenvalue weighted by Gasteiger charge is -2.21. The third kappa shape index (κ3) is 107. The Kier molecular flexibility index (Phi) is 101. The molecule has 0 aromatic carbocycles. The minimum Gasteiger partial charge on any atom is -0.463 e. The van der Waals surface area contributed by atoms with E-state index in [2.05, 4.69) is 215 Å². The van der Waals surface area contributed by atoms with E-state index in [0.717, 1.165) is 180 Å². The summed E-state index contributed by atoms with van der Waals surface area (Å²) in [5.41, 5.74) is 0. The zero-order valence-corrected chi connectivity index (χ0v) is 86.4. The van der Waals surface area contributed by atoms with Gasteiger partial charge in [-0.05, 0) is 167 Å². The van der Waals surface area contributed by atoms with Gasteiger partial charge < -0.3 is 34.2 Å². The fourth-order valence-corrected chi connectivity index (χ4v) is 16.3. The van der Waals surface area contributed by atoms with E-state index in [9.17, 15) is 43.5 Å². The van der Waals surface area contributed by atoms with E-state index in [0.29, 0.717) is 19.3 Å². The van der Waals surface area contributed by atoms with Crippen LogP contribution in [0, 0.1) is 0 Å². The molecule has 0 radical (unpaired) electrons. The Morgan fingerprint density at radius 3 is 0.632 bits per heavy atom. The lowest BCUT2D eigenvalue weighted by atomic mass is 10.0. The van der Waals surface area contributed by atoms with Crippen LogP contribution in [-0.2, 0) is 55.8 Å². The maximum Gasteiger partial charge on any atom is 0.472 e. The normalized spacial score (nSPS) is 14.4. The molecule has 0 saturated heterocycles. The Bertz CT molecular complexity index is 3200. The first-order chi connectivity index (χ1) is 65.2. The molecule has 0 spiro atoms. The quantitative estimate of drug-likeness (QED) is 0.0146. The molecular formula is C115H196O16P2. The minimum atomic E-state index is -4.95. The van der Waals surface area contributed by atoms with E-state index in [1.165, 1.54) is 218 Å². The number of phosphoric ester groups is 2. The van der Waals surface area contributed by atoms with E-state index < -0.39 is 91.5 Å². The third-order valence-electron chi connectivity index (χ3n) is 22.8. The highest BCUT2D eigenvalue weighted by molar-refractivity contribution is 7.47. The summed E-state index contributed by atoms with van der Waals surface area (Å²) < 4.78 is 61.8. The van der Waals surface area contributed by atoms with E-state index in [1.54, 1.807) is 0 Å². The van der Waals surface area contributed by atoms with Crippen LogP contribution in [0.1, 0.15) is 457 Å². The molecule has 4 N–H and O–H groups in total. The van der Waals surface area contributed by atoms with Crippen molar-refractivity contribution in [3.63, 3.8) is 0 Å². The zero-order valence-electron chi connectivity index (χ0n) is 84.6. The van der Waals surface area contributed by atoms with Crippen molar-refractivity contribution in [3.8, 4) is 0 Å². The van der Waals surface area contributed by atoms with E-state index >= 15 is 0 Å². The predicted octanol–water partition coefficient (Wildman–Crippen LogP) is 34.5. The first-order valence-corrected chi connectivity index (χ1v) is 56.7. The average molecular weight is 1900 g/mol. The van der Waals surface area contributed by atoms with Gasteiger partial charge in [0, 0.05) is 19.3 Å². The second-order valence-electron chi connectivity index (χ2n) is 35.6. The van der Waals surface area contributed by atoms with Gasteiger partial charge >= 0.3 is 33.6 Å². The second-order valence-corrected chi connectivity index (χ2v) is 38.6. The molecule has 0 aliphatic heterocycles. The number of carbonyl (C=O) groups is 3. The van der Waals surface area contributed by atoms with Crippen molar-refractivity contribution in [3.05, 3.63) is 194 Å². The van der Waals surface area contributed by atoms with Crippen LogP contribution in [0.5, 0.6) is 0 Å². The number of allylic oxidation sites excluding steroid dienone is 32. The standard InChI is InChI=1S/C115H196O16P2/c1-4-7-10-13-16-19-22-25-28-31-34-37-40-43-46-48-50-52-54-56-58-60-63-65-68-71-74-77-80-83-86-89-92-95-98-101-113(118)125-104-110(116)105-127-132(121,122)128-106-111(117)107-129-133(123,124)130-109-112(131-115(120)103-100-97-94-91-88-85-82-79-76-73-70-67-62-45-42-39-36-33-30-27-24-21-18-15-12-9-6-3)108-126-114(119)102-99-96-93-90-87-84-81-78-75-72-69-66-64-61-59-57-55-53-51-49-47-44-41-38-35-32-29-26-23-20-17-14-11-8-5-2/h7,9-10,12,16-21,25-30,34-39,43-47,50,52,62,70,73,110-112,116-117H,4-6,8,11,13-15,22-24,31-33,40-42,48-49,51,53-61,63-69,71-72,74-109H2,1-3H3,(H,121,122)(H,123,124)/b10-7-,12-9-,19-16-,20-17-,21-18-,28-25-,29-26-,30-27-,37-34-,38-35-,39-36-,46-43-,47-44-,52-50-,62-45-,73-70-. The second kappa shape index (κ2) is 105. The number of carbonyl (C=O) groups excluding carboxylic acids is 3. The molecule has 0 aliphatic carbocycles. The number of phosphoric acid groups is 2. The number of aliphatic hydroxyl groups is 2. The van der Waals surface area contributed by atoms with E-state index in [4.69, 9.17) is 32.3 Å². The Morgan fingerprint density at radius 1 is 0.218 bits per heavy atom. The highest BCUT2D eigenvalue weighted by Crippen LogP contribution is 2.45. The number of hydrogen-bond donors (Lipinski definition) is 4. The molecule has 16 nitrogen and oxygen atoms in total. The maximum absolute atomic E-state index is 13.1. The van der Waals surface area contributed by atoms with Gasteiger partial charge in [-0.25, -0.2) is 9.13 Å². The fourth-order valence-electron chi connectivity index (χ4n) is 14.7. The summed E-state index contributed by atoms with van der Waals surface area (Å²) in [5, 5.41) is 20.8. The molecule has 18 heteroatoms. The number of ether oxygens (including phenoxy) is 3. The van der Waals surface area contributed by atoms with Crippen LogP contribution in [0.4, 0.5) is 0 Å². The molecule has 133 heavy (non-hydrogen) atoms. The summed E-state index contributed by atoms with van der Waals surface area (Å²) in [6.07, 6.45) is 142. The summed E-state index contributed by atoms with van der Waals surface area (Å²) in [4.78, 5) is 59.3. The van der Waals surface area contributed by atoms with E-state index in [-0.39, 0.29) is 19.3 Å². The van der Waals surface area contributed by atoms with Gasteiger partial charge in [0.15, 0.2) is 6.10 Å². The Labute approximate surface area is 814 Å². The topological polar surface area (TPSA) is 231 Å². The molecule has 0 rings (SSSR count). The van der Waals surface area contributed by atoms with Gasteiger partial charge in [-0.3, -0.25) is 32.5 Å². The van der Waals surface area contributed by atoms with Crippen LogP contribution in [0.25, 0.3) is 0 Å². The Balaban J connectivity index is 4.59. The van der Waals surface area contributed by atoms with Crippen molar-refractivity contribution in [1.29, 1.82) is 0 Å². The number of hydrogen-bond acceptors (Lipinski definition) is 14. The Morgan fingerprint density at radius 2 is 0.398 bits per heavy atom. The van der Waals surface area contributed by atoms with Gasteiger partial charge in [-0.1, -0.05) is 466 Å². The summed E-state index contributed by atoms with van der Waals surface area (Å²) in [7, 11) is -9.83. The van der Waals surface area contributed by atoms with Crippen LogP contribution >= 0.6 is 15.6 Å². The Hall–Kier alpha value is -5.61. The van der Waals surface area contributed by atoms with Crippen molar-refractivity contribution >= 4 is 33.6 Å². The van der Waals surface area contributed by atoms with Crippen molar-refractivity contribution in [2.75, 3.05) is 39.6 Å². The monoisotopic (exact) mass is 1900 g/mol. The number of esters is 3. The number of rotatable bonds is 101. The van der Waals surface area contributed by atoms with Gasteiger partial charge in [0.2, 0.25) is 0 Å². The molecule has 0 fully saturated rings. The highest BCUT2D eigenvalue weighted by atomic mass is 31.2. The molecule has 0 aliphatic rings. The molecule has 5 unspecified atom stereocenters. The average Bonchev–Trinajstić information content (AvgIpc) is 0.896. The lowest BCUT2D eigenvalue weighted by Crippen LogP contribution is -2.30. The van der Waals surface area contributed by atoms with Gasteiger partial charge in [0.05, 0.1) is 26.4 Å². The van der Waals surface area contributed by atoms with Crippen LogP contribution in [0.15, 0.2) is 194 Å². The van der Waals surface area contributed by atoms with Gasteiger partial charge in [-0.15, -0.1) is 0 Å². The number of aliphatic hydroxyl groups excluding tert-OH is 2. The van der Waals surface area contributed by atoms with Crippen molar-refractivity contribution in [1.82, 2.24) is 0 Å². The molecule has 0 saturated carbocycles. The molecule has 0 aromatic rings. The van der Waals surface area contributed by atoms with Crippen molar-refractivity contribution in [2.24, 2.45) is 0 Å². The lowest BCUT2D eigenvalue weighted by molar-refractivity contribution is -0.161. The molecule has 5 atom stereocenters. The van der Waals surface area contributed by atoms with E-state index in [1.807, 2.05) is 0 Å². The summed E-state index contributed by atoms with van der Waals surface area (Å²) in [5.74, 6) is -1.57. The van der Waals surface area contributed by atoms with Crippen LogP contribution in [0.3, 0.4) is 0 Å². The summed E-state index contributed by atoms with van der Waals surface area (Å²) >= 11 is 0. The van der Waals surface area contributed by atoms with Crippen LogP contribution in [0.2, 0.25) is 0 Å². The fraction of sp³-hybridized carbons (Fsp3) is 0.696. The van der Waals surface area contributed by atoms with Crippen LogP contribution < -0.4 is 0 Å². The van der Waals surface area contributed by atoms with Gasteiger partial charge in [-0.2, -0.15) is 0 Å². The number of unbranched alkanes of at least 4 members (excludes halogenated alkanes) is 46.